The van der Waals surface area contributed by atoms with Crippen molar-refractivity contribution in [2.45, 2.75) is 11.8 Å². The van der Waals surface area contributed by atoms with Crippen molar-refractivity contribution in [3.05, 3.63) is 53.5 Å². The third kappa shape index (κ3) is 3.24. The second kappa shape index (κ2) is 6.58. The molecule has 124 valence electrons. The fourth-order valence-electron chi connectivity index (χ4n) is 2.22. The Hall–Kier alpha value is -2.45. The van der Waals surface area contributed by atoms with Crippen molar-refractivity contribution < 1.29 is 17.9 Å². The number of rotatable bonds is 5. The Morgan fingerprint density at radius 2 is 1.96 bits per heavy atom. The summed E-state index contributed by atoms with van der Waals surface area (Å²) in [6.45, 7) is 1.94. The zero-order valence-electron chi connectivity index (χ0n) is 12.7. The molecular weight excluding hydrogens is 348 g/mol. The molecule has 0 radical (unpaired) electrons. The molecule has 0 unspecified atom stereocenters. The average Bonchev–Trinajstić information content (AvgIpc) is 3.02. The van der Waals surface area contributed by atoms with Gasteiger partial charge in [0, 0.05) is 5.39 Å². The number of benzene rings is 2. The molecule has 6 nitrogen and oxygen atoms in total. The van der Waals surface area contributed by atoms with Crippen LogP contribution in [0.3, 0.4) is 0 Å². The average molecular weight is 362 g/mol. The number of hydrogen-bond donors (Lipinski definition) is 1. The standard InChI is InChI=1S/C16H14N2O4S2/c1-2-22-15(19)13-10-17-16(23-13)18-24(20,21)14-9-5-7-11-6-3-4-8-12(11)14/h3-10H,2H2,1H3,(H,17,18). The normalized spacial score (nSPS) is 11.4. The number of carbonyl (C=O) groups excluding carboxylic acids is 1. The van der Waals surface area contributed by atoms with Crippen LogP contribution in [-0.2, 0) is 14.8 Å². The molecule has 1 heterocycles. The van der Waals surface area contributed by atoms with E-state index >= 15 is 0 Å². The van der Waals surface area contributed by atoms with Crippen LogP contribution in [0, 0.1) is 0 Å². The van der Waals surface area contributed by atoms with Gasteiger partial charge in [0.25, 0.3) is 10.0 Å². The molecule has 0 aliphatic heterocycles. The second-order valence-electron chi connectivity index (χ2n) is 4.83. The van der Waals surface area contributed by atoms with Gasteiger partial charge in [-0.1, -0.05) is 47.7 Å². The number of anilines is 1. The number of carbonyl (C=O) groups is 1. The van der Waals surface area contributed by atoms with E-state index in [1.54, 1.807) is 25.1 Å². The highest BCUT2D eigenvalue weighted by Gasteiger charge is 2.20. The number of esters is 1. The lowest BCUT2D eigenvalue weighted by Gasteiger charge is -2.08. The SMILES string of the molecule is CCOC(=O)c1cnc(NS(=O)(=O)c2cccc3ccccc23)s1. The summed E-state index contributed by atoms with van der Waals surface area (Å²) in [5, 5.41) is 1.56. The van der Waals surface area contributed by atoms with Crippen LogP contribution in [0.25, 0.3) is 10.8 Å². The Kier molecular flexibility index (Phi) is 4.50. The summed E-state index contributed by atoms with van der Waals surface area (Å²) in [5.41, 5.74) is 0. The molecule has 0 amide bonds. The first-order chi connectivity index (χ1) is 11.5. The number of fused-ring (bicyclic) bond motifs is 1. The third-order valence-electron chi connectivity index (χ3n) is 3.24. The summed E-state index contributed by atoms with van der Waals surface area (Å²) in [7, 11) is -3.82. The smallest absolute Gasteiger partial charge is 0.350 e. The molecule has 0 aliphatic rings. The first-order valence-electron chi connectivity index (χ1n) is 7.15. The Balaban J connectivity index is 1.93. The van der Waals surface area contributed by atoms with Gasteiger partial charge in [0.05, 0.1) is 17.7 Å². The minimum atomic E-state index is -3.82. The van der Waals surface area contributed by atoms with Gasteiger partial charge in [-0.15, -0.1) is 0 Å². The van der Waals surface area contributed by atoms with Crippen molar-refractivity contribution in [1.29, 1.82) is 0 Å². The van der Waals surface area contributed by atoms with Gasteiger partial charge in [0.15, 0.2) is 5.13 Å². The van der Waals surface area contributed by atoms with Crippen LogP contribution in [-0.4, -0.2) is 26.0 Å². The van der Waals surface area contributed by atoms with Crippen molar-refractivity contribution >= 4 is 43.2 Å². The Labute approximate surface area is 143 Å². The highest BCUT2D eigenvalue weighted by atomic mass is 32.2. The summed E-state index contributed by atoms with van der Waals surface area (Å²) < 4.78 is 32.6. The minimum Gasteiger partial charge on any atom is -0.462 e. The van der Waals surface area contributed by atoms with Gasteiger partial charge in [-0.2, -0.15) is 0 Å². The predicted octanol–water partition coefficient (Wildman–Crippen LogP) is 3.27. The van der Waals surface area contributed by atoms with Gasteiger partial charge in [0.1, 0.15) is 4.88 Å². The lowest BCUT2D eigenvalue weighted by atomic mass is 10.1. The van der Waals surface area contributed by atoms with Crippen LogP contribution in [0.4, 0.5) is 5.13 Å². The largest absolute Gasteiger partial charge is 0.462 e. The minimum absolute atomic E-state index is 0.117. The summed E-state index contributed by atoms with van der Waals surface area (Å²) in [5.74, 6) is -0.523. The van der Waals surface area contributed by atoms with Gasteiger partial charge in [0.2, 0.25) is 0 Å². The first kappa shape index (κ1) is 16.4. The fourth-order valence-corrected chi connectivity index (χ4v) is 4.40. The quantitative estimate of drug-likeness (QED) is 0.704. The highest BCUT2D eigenvalue weighted by molar-refractivity contribution is 7.93. The number of thiazole rings is 1. The monoisotopic (exact) mass is 362 g/mol. The van der Waals surface area contributed by atoms with Crippen molar-refractivity contribution in [3.8, 4) is 0 Å². The van der Waals surface area contributed by atoms with Crippen molar-refractivity contribution in [3.63, 3.8) is 0 Å². The number of nitrogens with one attached hydrogen (secondary N) is 1. The summed E-state index contributed by atoms with van der Waals surface area (Å²) in [6, 6.07) is 12.3. The van der Waals surface area contributed by atoms with E-state index in [-0.39, 0.29) is 21.5 Å². The molecule has 0 saturated heterocycles. The Morgan fingerprint density at radius 3 is 2.75 bits per heavy atom. The maximum Gasteiger partial charge on any atom is 0.350 e. The van der Waals surface area contributed by atoms with E-state index in [9.17, 15) is 13.2 Å². The number of sulfonamides is 1. The van der Waals surface area contributed by atoms with E-state index in [1.165, 1.54) is 12.3 Å². The maximum atomic E-state index is 12.7. The molecule has 0 fully saturated rings. The number of nitrogens with zero attached hydrogens (tertiary/aromatic N) is 1. The maximum absolute atomic E-state index is 12.7. The van der Waals surface area contributed by atoms with Crippen LogP contribution in [0.15, 0.2) is 53.6 Å². The molecule has 0 atom stereocenters. The molecule has 0 saturated carbocycles. The topological polar surface area (TPSA) is 85.4 Å². The van der Waals surface area contributed by atoms with Gasteiger partial charge in [-0.25, -0.2) is 18.2 Å². The molecule has 24 heavy (non-hydrogen) atoms. The van der Waals surface area contributed by atoms with E-state index in [0.717, 1.165) is 16.7 Å². The summed E-state index contributed by atoms with van der Waals surface area (Å²) in [6.07, 6.45) is 1.30. The van der Waals surface area contributed by atoms with Crippen LogP contribution < -0.4 is 4.72 Å². The molecule has 0 bridgehead atoms. The first-order valence-corrected chi connectivity index (χ1v) is 9.45. The summed E-state index contributed by atoms with van der Waals surface area (Å²) in [4.78, 5) is 16.0. The van der Waals surface area contributed by atoms with Gasteiger partial charge in [-0.3, -0.25) is 4.72 Å². The molecule has 1 N–H and O–H groups in total. The molecule has 8 heteroatoms. The fraction of sp³-hybridized carbons (Fsp3) is 0.125. The van der Waals surface area contributed by atoms with Crippen molar-refractivity contribution in [1.82, 2.24) is 4.98 Å². The molecule has 0 spiro atoms. The predicted molar refractivity (Wildman–Crippen MR) is 92.8 cm³/mol. The van der Waals surface area contributed by atoms with Crippen LogP contribution in [0.2, 0.25) is 0 Å². The Bertz CT molecular complexity index is 991. The second-order valence-corrected chi connectivity index (χ2v) is 7.51. The van der Waals surface area contributed by atoms with E-state index in [4.69, 9.17) is 4.74 Å². The number of ether oxygens (including phenoxy) is 1. The van der Waals surface area contributed by atoms with Crippen molar-refractivity contribution in [2.75, 3.05) is 11.3 Å². The van der Waals surface area contributed by atoms with E-state index in [2.05, 4.69) is 9.71 Å². The lowest BCUT2D eigenvalue weighted by molar-refractivity contribution is 0.0532. The summed E-state index contributed by atoms with van der Waals surface area (Å²) >= 11 is 0.932. The van der Waals surface area contributed by atoms with Gasteiger partial charge in [-0.05, 0) is 18.4 Å². The number of aromatic nitrogens is 1. The number of hydrogen-bond acceptors (Lipinski definition) is 6. The zero-order chi connectivity index (χ0) is 17.2. The molecule has 2 aromatic carbocycles. The van der Waals surface area contributed by atoms with Crippen LogP contribution >= 0.6 is 11.3 Å². The molecule has 1 aromatic heterocycles. The van der Waals surface area contributed by atoms with Gasteiger partial charge < -0.3 is 4.74 Å². The van der Waals surface area contributed by atoms with Crippen LogP contribution in [0.5, 0.6) is 0 Å². The van der Waals surface area contributed by atoms with E-state index in [0.29, 0.717) is 5.39 Å². The molecule has 3 aromatic rings. The van der Waals surface area contributed by atoms with E-state index < -0.39 is 16.0 Å². The lowest BCUT2D eigenvalue weighted by Crippen LogP contribution is -2.13. The molecular formula is C16H14N2O4S2. The third-order valence-corrected chi connectivity index (χ3v) is 5.66. The van der Waals surface area contributed by atoms with Crippen LogP contribution in [0.1, 0.15) is 16.6 Å². The van der Waals surface area contributed by atoms with E-state index in [1.807, 2.05) is 18.2 Å². The van der Waals surface area contributed by atoms with Crippen molar-refractivity contribution in [2.24, 2.45) is 0 Å². The Morgan fingerprint density at radius 1 is 1.21 bits per heavy atom. The molecule has 3 rings (SSSR count). The van der Waals surface area contributed by atoms with Gasteiger partial charge >= 0.3 is 5.97 Å². The molecule has 0 aliphatic carbocycles. The zero-order valence-corrected chi connectivity index (χ0v) is 14.4. The highest BCUT2D eigenvalue weighted by Crippen LogP contribution is 2.26.